The van der Waals surface area contributed by atoms with Gasteiger partial charge in [0.2, 0.25) is 0 Å². The number of hydrogen-bond donors (Lipinski definition) is 4. The fourth-order valence-electron chi connectivity index (χ4n) is 5.26. The predicted molar refractivity (Wildman–Crippen MR) is 138 cm³/mol. The first-order valence-electron chi connectivity index (χ1n) is 12.4. The monoisotopic (exact) mass is 509 g/mol. The molecule has 0 aromatic heterocycles. The number of hydrogen-bond acceptors (Lipinski definition) is 6. The summed E-state index contributed by atoms with van der Waals surface area (Å²) in [5.74, 6) is 0. The third kappa shape index (κ3) is 5.36. The van der Waals surface area contributed by atoms with E-state index in [4.69, 9.17) is 16.3 Å². The quantitative estimate of drug-likeness (QED) is 0.408. The molecule has 2 aliphatic rings. The first-order valence-corrected chi connectivity index (χ1v) is 12.8. The van der Waals surface area contributed by atoms with Crippen LogP contribution in [0.3, 0.4) is 0 Å². The second-order valence-electron chi connectivity index (χ2n) is 9.83. The van der Waals surface area contributed by atoms with E-state index in [0.717, 1.165) is 37.2 Å². The molecule has 0 amide bonds. The lowest BCUT2D eigenvalue weighted by Gasteiger charge is -2.40. The van der Waals surface area contributed by atoms with Gasteiger partial charge in [-0.2, -0.15) is 0 Å². The molecule has 7 heteroatoms. The molecular weight excluding hydrogens is 478 g/mol. The van der Waals surface area contributed by atoms with Crippen molar-refractivity contribution in [2.75, 3.05) is 13.2 Å². The maximum atomic E-state index is 10.5. The number of rotatable bonds is 6. The average molecular weight is 510 g/mol. The van der Waals surface area contributed by atoms with Crippen LogP contribution >= 0.6 is 11.6 Å². The van der Waals surface area contributed by atoms with Crippen LogP contribution in [0, 0.1) is 0 Å². The predicted octanol–water partition coefficient (Wildman–Crippen LogP) is 3.00. The number of aliphatic hydroxyl groups is 4. The fraction of sp³-hybridized carbons (Fsp3) is 0.379. The molecule has 36 heavy (non-hydrogen) atoms. The average Bonchev–Trinajstić information content (AvgIpc) is 2.89. The van der Waals surface area contributed by atoms with Gasteiger partial charge in [-0.15, -0.1) is 0 Å². The zero-order valence-electron chi connectivity index (χ0n) is 20.0. The molecule has 4 N–H and O–H groups in total. The van der Waals surface area contributed by atoms with Gasteiger partial charge in [0.05, 0.1) is 6.61 Å². The Morgan fingerprint density at radius 3 is 2.44 bits per heavy atom. The van der Waals surface area contributed by atoms with Crippen LogP contribution in [0.1, 0.15) is 39.5 Å². The number of benzene rings is 3. The van der Waals surface area contributed by atoms with Crippen LogP contribution in [0.4, 0.5) is 0 Å². The van der Waals surface area contributed by atoms with E-state index in [1.54, 1.807) is 12.1 Å². The molecule has 0 bridgehead atoms. The van der Waals surface area contributed by atoms with Gasteiger partial charge in [0.15, 0.2) is 0 Å². The molecule has 0 radical (unpaired) electrons. The molecule has 2 heterocycles. The summed E-state index contributed by atoms with van der Waals surface area (Å²) >= 11 is 6.55. The Morgan fingerprint density at radius 2 is 1.67 bits per heavy atom. The van der Waals surface area contributed by atoms with E-state index < -0.39 is 37.1 Å². The Bertz CT molecular complexity index is 1190. The maximum absolute atomic E-state index is 10.5. The van der Waals surface area contributed by atoms with Crippen molar-refractivity contribution in [1.82, 2.24) is 4.90 Å². The Morgan fingerprint density at radius 1 is 0.861 bits per heavy atom. The Balaban J connectivity index is 1.33. The van der Waals surface area contributed by atoms with Gasteiger partial charge < -0.3 is 25.2 Å². The zero-order chi connectivity index (χ0) is 25.2. The van der Waals surface area contributed by atoms with Crippen LogP contribution in [0.15, 0.2) is 66.7 Å². The minimum Gasteiger partial charge on any atom is -0.394 e. The first-order chi connectivity index (χ1) is 17.4. The van der Waals surface area contributed by atoms with Crippen molar-refractivity contribution in [1.29, 1.82) is 0 Å². The molecule has 1 fully saturated rings. The summed E-state index contributed by atoms with van der Waals surface area (Å²) in [4.78, 5) is 2.47. The van der Waals surface area contributed by atoms with E-state index in [9.17, 15) is 20.4 Å². The lowest BCUT2D eigenvalue weighted by molar-refractivity contribution is -0.231. The van der Waals surface area contributed by atoms with Crippen molar-refractivity contribution in [3.05, 3.63) is 105 Å². The highest BCUT2D eigenvalue weighted by atomic mass is 35.5. The lowest BCUT2D eigenvalue weighted by Crippen LogP contribution is -2.55. The summed E-state index contributed by atoms with van der Waals surface area (Å²) in [5.41, 5.74) is 6.68. The SMILES string of the molecule is OC[C@H]1O[C@@H](c2ccc(Cl)c(Cc3ccc4c(c3)CN(Cc3ccccc3)CC4)c2)[C@H](O)[C@@H](O)[C@@H]1O. The van der Waals surface area contributed by atoms with Crippen molar-refractivity contribution >= 4 is 11.6 Å². The van der Waals surface area contributed by atoms with Gasteiger partial charge in [-0.3, -0.25) is 4.90 Å². The van der Waals surface area contributed by atoms with Gasteiger partial charge in [0, 0.05) is 24.7 Å². The summed E-state index contributed by atoms with van der Waals surface area (Å²) in [6.07, 6.45) is -4.33. The molecule has 0 saturated carbocycles. The van der Waals surface area contributed by atoms with Crippen LogP contribution in [-0.2, 0) is 30.7 Å². The van der Waals surface area contributed by atoms with Crippen molar-refractivity contribution in [2.24, 2.45) is 0 Å². The number of nitrogens with zero attached hydrogens (tertiary/aromatic N) is 1. The van der Waals surface area contributed by atoms with Crippen molar-refractivity contribution in [2.45, 2.75) is 56.5 Å². The highest BCUT2D eigenvalue weighted by Crippen LogP contribution is 2.34. The standard InChI is InChI=1S/C29H32ClNO5/c30-24-9-8-21(29-28(35)27(34)26(33)25(17-32)36-29)14-22(24)12-19-6-7-20-10-11-31(16-23(20)13-19)15-18-4-2-1-3-5-18/h1-9,13-14,25-29,32-35H,10-12,15-17H2/t25-,26-,27+,28-,29+/m1/s1. The van der Waals surface area contributed by atoms with Crippen LogP contribution < -0.4 is 0 Å². The molecule has 190 valence electrons. The highest BCUT2D eigenvalue weighted by molar-refractivity contribution is 6.31. The van der Waals surface area contributed by atoms with Crippen molar-refractivity contribution in [3.8, 4) is 0 Å². The number of halogens is 1. The molecule has 3 aromatic rings. The molecule has 2 aliphatic heterocycles. The smallest absolute Gasteiger partial charge is 0.113 e. The van der Waals surface area contributed by atoms with Crippen LogP contribution in [-0.4, -0.2) is 62.9 Å². The first kappa shape index (κ1) is 25.4. The third-order valence-electron chi connectivity index (χ3n) is 7.30. The molecule has 6 nitrogen and oxygen atoms in total. The number of aliphatic hydroxyl groups excluding tert-OH is 4. The summed E-state index contributed by atoms with van der Waals surface area (Å²) in [5, 5.41) is 40.9. The Kier molecular flexibility index (Phi) is 7.74. The largest absolute Gasteiger partial charge is 0.394 e. The van der Waals surface area contributed by atoms with Gasteiger partial charge in [-0.05, 0) is 52.3 Å². The lowest BCUT2D eigenvalue weighted by atomic mass is 9.89. The molecule has 0 aliphatic carbocycles. The summed E-state index contributed by atoms with van der Waals surface area (Å²) < 4.78 is 5.74. The second kappa shape index (κ2) is 11.0. The Hall–Kier alpha value is -2.29. The fourth-order valence-corrected chi connectivity index (χ4v) is 5.44. The Labute approximate surface area is 216 Å². The number of ether oxygens (including phenoxy) is 1. The molecule has 1 saturated heterocycles. The summed E-state index contributed by atoms with van der Waals surface area (Å²) in [7, 11) is 0. The van der Waals surface area contributed by atoms with Gasteiger partial charge in [0.1, 0.15) is 30.5 Å². The molecule has 5 atom stereocenters. The topological polar surface area (TPSA) is 93.4 Å². The van der Waals surface area contributed by atoms with E-state index in [1.165, 1.54) is 16.7 Å². The van der Waals surface area contributed by atoms with E-state index in [0.29, 0.717) is 17.0 Å². The van der Waals surface area contributed by atoms with Crippen LogP contribution in [0.2, 0.25) is 5.02 Å². The second-order valence-corrected chi connectivity index (χ2v) is 10.2. The number of fused-ring (bicyclic) bond motifs is 1. The minimum atomic E-state index is -1.42. The molecule has 0 spiro atoms. The minimum absolute atomic E-state index is 0.460. The third-order valence-corrected chi connectivity index (χ3v) is 7.66. The zero-order valence-corrected chi connectivity index (χ0v) is 20.8. The van der Waals surface area contributed by atoms with E-state index in [1.807, 2.05) is 12.1 Å². The molecule has 0 unspecified atom stereocenters. The summed E-state index contributed by atoms with van der Waals surface area (Å²) in [6.45, 7) is 2.40. The van der Waals surface area contributed by atoms with E-state index in [-0.39, 0.29) is 0 Å². The van der Waals surface area contributed by atoms with Gasteiger partial charge in [0.25, 0.3) is 0 Å². The van der Waals surface area contributed by atoms with Crippen LogP contribution in [0.25, 0.3) is 0 Å². The van der Waals surface area contributed by atoms with E-state index >= 15 is 0 Å². The normalized spacial score (nSPS) is 26.5. The molecule has 5 rings (SSSR count). The molecular formula is C29H32ClNO5. The van der Waals surface area contributed by atoms with Gasteiger partial charge >= 0.3 is 0 Å². The molecule has 3 aromatic carbocycles. The van der Waals surface area contributed by atoms with Crippen molar-refractivity contribution in [3.63, 3.8) is 0 Å². The van der Waals surface area contributed by atoms with Crippen LogP contribution in [0.5, 0.6) is 0 Å². The van der Waals surface area contributed by atoms with Gasteiger partial charge in [-0.1, -0.05) is 72.3 Å². The van der Waals surface area contributed by atoms with Gasteiger partial charge in [-0.25, -0.2) is 0 Å². The maximum Gasteiger partial charge on any atom is 0.113 e. The highest BCUT2D eigenvalue weighted by Gasteiger charge is 2.44. The van der Waals surface area contributed by atoms with Crippen molar-refractivity contribution < 1.29 is 25.2 Å². The summed E-state index contributed by atoms with van der Waals surface area (Å²) in [6, 6.07) is 22.5. The van der Waals surface area contributed by atoms with E-state index in [2.05, 4.69) is 47.4 Å².